The van der Waals surface area contributed by atoms with E-state index in [2.05, 4.69) is 68.4 Å². The van der Waals surface area contributed by atoms with Crippen LogP contribution in [0.5, 0.6) is 0 Å². The molecule has 3 fully saturated rings. The van der Waals surface area contributed by atoms with Gasteiger partial charge in [-0.1, -0.05) is 35.6 Å². The number of amides is 4. The summed E-state index contributed by atoms with van der Waals surface area (Å²) in [6, 6.07) is 18.1. The van der Waals surface area contributed by atoms with Gasteiger partial charge < -0.3 is 19.3 Å². The Morgan fingerprint density at radius 2 is 1.72 bits per heavy atom. The first-order valence-corrected chi connectivity index (χ1v) is 21.7. The van der Waals surface area contributed by atoms with E-state index in [4.69, 9.17) is 0 Å². The molecule has 0 bridgehead atoms. The number of hydrogen-bond acceptors (Lipinski definition) is 7. The maximum absolute atomic E-state index is 15.5. The van der Waals surface area contributed by atoms with Crippen LogP contribution in [-0.4, -0.2) is 93.3 Å². The minimum atomic E-state index is -0.519. The predicted octanol–water partition coefficient (Wildman–Crippen LogP) is 7.07. The highest BCUT2D eigenvalue weighted by Crippen LogP contribution is 2.42. The van der Waals surface area contributed by atoms with Gasteiger partial charge in [-0.2, -0.15) is 0 Å². The van der Waals surface area contributed by atoms with Gasteiger partial charge in [0.2, 0.25) is 17.7 Å². The number of halogens is 1. The zero-order valence-electron chi connectivity index (χ0n) is 35.2. The molecule has 0 radical (unpaired) electrons. The number of imide groups is 1. The Morgan fingerprint density at radius 3 is 2.43 bits per heavy atom. The molecule has 316 valence electrons. The number of aryl methyl sites for hydroxylation is 2. The van der Waals surface area contributed by atoms with Crippen LogP contribution in [0.25, 0.3) is 27.6 Å². The Kier molecular flexibility index (Phi) is 11.1. The monoisotopic (exact) mass is 824 g/mol. The lowest BCUT2D eigenvalue weighted by molar-refractivity contribution is -0.134. The number of fused-ring (bicyclic) bond motifs is 1. The van der Waals surface area contributed by atoms with Crippen LogP contribution in [0.15, 0.2) is 73.1 Å². The van der Waals surface area contributed by atoms with Crippen molar-refractivity contribution in [1.82, 2.24) is 34.7 Å². The minimum absolute atomic E-state index is 0.0521. The highest BCUT2D eigenvalue weighted by atomic mass is 19.1. The van der Waals surface area contributed by atoms with Gasteiger partial charge in [-0.15, -0.1) is 5.10 Å². The minimum Gasteiger partial charge on any atom is -0.369 e. The topological polar surface area (TPSA) is 126 Å². The molecule has 2 saturated heterocycles. The molecule has 9 rings (SSSR count). The molecular formula is C48H53FN8O4. The largest absolute Gasteiger partial charge is 0.369 e. The van der Waals surface area contributed by atoms with Crippen molar-refractivity contribution in [3.63, 3.8) is 0 Å². The second kappa shape index (κ2) is 16.7. The molecule has 0 spiro atoms. The normalized spacial score (nSPS) is 18.7. The van der Waals surface area contributed by atoms with E-state index in [0.29, 0.717) is 74.2 Å². The average Bonchev–Trinajstić information content (AvgIpc) is 3.78. The van der Waals surface area contributed by atoms with Crippen molar-refractivity contribution >= 4 is 45.8 Å². The van der Waals surface area contributed by atoms with E-state index >= 15 is 4.39 Å². The van der Waals surface area contributed by atoms with Crippen LogP contribution in [0, 0.1) is 18.7 Å². The van der Waals surface area contributed by atoms with Crippen molar-refractivity contribution in [2.45, 2.75) is 83.2 Å². The molecule has 3 aromatic carbocycles. The fraction of sp³-hybridized carbons (Fsp3) is 0.417. The van der Waals surface area contributed by atoms with Crippen molar-refractivity contribution in [1.29, 1.82) is 0 Å². The molecule has 2 aromatic heterocycles. The summed E-state index contributed by atoms with van der Waals surface area (Å²) in [5.41, 5.74) is 9.62. The van der Waals surface area contributed by atoms with E-state index in [9.17, 15) is 19.2 Å². The molecule has 13 heteroatoms. The summed E-state index contributed by atoms with van der Waals surface area (Å²) in [6.07, 6.45) is 11.6. The molecule has 61 heavy (non-hydrogen) atoms. The fourth-order valence-electron chi connectivity index (χ4n) is 9.58. The summed E-state index contributed by atoms with van der Waals surface area (Å²) in [4.78, 5) is 56.8. The zero-order valence-corrected chi connectivity index (χ0v) is 35.2. The first-order valence-electron chi connectivity index (χ1n) is 21.7. The lowest BCUT2D eigenvalue weighted by Crippen LogP contribution is -2.39. The fourth-order valence-corrected chi connectivity index (χ4v) is 9.58. The first-order chi connectivity index (χ1) is 29.5. The third kappa shape index (κ3) is 8.34. The molecule has 12 nitrogen and oxygen atoms in total. The maximum atomic E-state index is 15.5. The van der Waals surface area contributed by atoms with E-state index in [1.54, 1.807) is 42.1 Å². The molecule has 5 aromatic rings. The Balaban J connectivity index is 0.980. The third-order valence-corrected chi connectivity index (χ3v) is 13.1. The molecule has 4 aliphatic rings. The van der Waals surface area contributed by atoms with Crippen LogP contribution >= 0.6 is 0 Å². The van der Waals surface area contributed by atoms with Crippen LogP contribution in [0.4, 0.5) is 10.1 Å². The molecular weight excluding hydrogens is 772 g/mol. The van der Waals surface area contributed by atoms with Crippen molar-refractivity contribution in [2.24, 2.45) is 5.92 Å². The first kappa shape index (κ1) is 40.3. The third-order valence-electron chi connectivity index (χ3n) is 13.1. The van der Waals surface area contributed by atoms with E-state index in [1.807, 2.05) is 17.0 Å². The zero-order chi connectivity index (χ0) is 42.4. The molecule has 1 unspecified atom stereocenters. The number of benzene rings is 3. The lowest BCUT2D eigenvalue weighted by Gasteiger charge is -2.34. The number of nitrogens with zero attached hydrogens (tertiary/aromatic N) is 7. The van der Waals surface area contributed by atoms with E-state index in [0.717, 1.165) is 64.7 Å². The molecule has 3 aliphatic heterocycles. The molecule has 1 atom stereocenters. The molecule has 4 amide bonds. The summed E-state index contributed by atoms with van der Waals surface area (Å²) >= 11 is 0. The molecule has 1 saturated carbocycles. The van der Waals surface area contributed by atoms with Gasteiger partial charge >= 0.3 is 0 Å². The number of piperidine rings is 2. The van der Waals surface area contributed by atoms with Gasteiger partial charge in [0.15, 0.2) is 0 Å². The number of nitrogens with one attached hydrogen (secondary N) is 1. The number of carbonyl (C=O) groups is 4. The van der Waals surface area contributed by atoms with Crippen LogP contribution in [-0.2, 0) is 27.5 Å². The van der Waals surface area contributed by atoms with Crippen LogP contribution in [0.2, 0.25) is 0 Å². The number of carbonyl (C=O) groups excluding carboxylic acids is 4. The average molecular weight is 825 g/mol. The Morgan fingerprint density at radius 1 is 0.918 bits per heavy atom. The summed E-state index contributed by atoms with van der Waals surface area (Å²) in [7, 11) is 3.57. The van der Waals surface area contributed by atoms with Gasteiger partial charge in [-0.05, 0) is 115 Å². The number of hydrogen-bond donors (Lipinski definition) is 1. The van der Waals surface area contributed by atoms with Gasteiger partial charge in [0.05, 0.1) is 29.9 Å². The Bertz CT molecular complexity index is 2550. The van der Waals surface area contributed by atoms with Crippen molar-refractivity contribution in [2.75, 3.05) is 45.2 Å². The lowest BCUT2D eigenvalue weighted by atomic mass is 9.86. The SMILES string of the molecule is Cc1cc(C2CCN(c3ccc(C4CCC(=O)NC4=O)cc3F)CC2)ccc1-c1cc(C(=O)N(C)C)cc2cc(C3=CCCN(C(=O)CCn4ccnn4)C3)n(CC3CC3)c12. The smallest absolute Gasteiger partial charge is 0.253 e. The van der Waals surface area contributed by atoms with Gasteiger partial charge in [0, 0.05) is 88.1 Å². The summed E-state index contributed by atoms with van der Waals surface area (Å²) in [6.45, 7) is 6.13. The second-order valence-electron chi connectivity index (χ2n) is 17.5. The second-order valence-corrected chi connectivity index (χ2v) is 17.5. The Hall–Kier alpha value is -6.11. The summed E-state index contributed by atoms with van der Waals surface area (Å²) in [5.74, 6) is -0.575. The highest BCUT2D eigenvalue weighted by Gasteiger charge is 2.31. The van der Waals surface area contributed by atoms with E-state index < -0.39 is 5.92 Å². The molecule has 1 aliphatic carbocycles. The van der Waals surface area contributed by atoms with Crippen molar-refractivity contribution in [3.8, 4) is 11.1 Å². The van der Waals surface area contributed by atoms with Gasteiger partial charge in [0.1, 0.15) is 5.82 Å². The number of aromatic nitrogens is 4. The van der Waals surface area contributed by atoms with Gasteiger partial charge in [-0.3, -0.25) is 29.2 Å². The quantitative estimate of drug-likeness (QED) is 0.141. The summed E-state index contributed by atoms with van der Waals surface area (Å²) in [5, 5.41) is 11.3. The van der Waals surface area contributed by atoms with Crippen LogP contribution < -0.4 is 10.2 Å². The number of anilines is 1. The van der Waals surface area contributed by atoms with Gasteiger partial charge in [-0.25, -0.2) is 4.39 Å². The summed E-state index contributed by atoms with van der Waals surface area (Å²) < 4.78 is 19.7. The predicted molar refractivity (Wildman–Crippen MR) is 232 cm³/mol. The van der Waals surface area contributed by atoms with Gasteiger partial charge in [0.25, 0.3) is 5.91 Å². The van der Waals surface area contributed by atoms with Crippen molar-refractivity contribution < 1.29 is 23.6 Å². The molecule has 1 N–H and O–H groups in total. The maximum Gasteiger partial charge on any atom is 0.253 e. The van der Waals surface area contributed by atoms with Crippen LogP contribution in [0.3, 0.4) is 0 Å². The van der Waals surface area contributed by atoms with E-state index in [-0.39, 0.29) is 35.9 Å². The number of rotatable bonds is 11. The highest BCUT2D eigenvalue weighted by molar-refractivity contribution is 6.05. The molecule has 5 heterocycles. The van der Waals surface area contributed by atoms with E-state index in [1.165, 1.54) is 24.5 Å². The standard InChI is InChI=1S/C48H53FN8O4/c1-30-23-33(32-14-19-54(20-15-32)42-12-9-34(26-41(42)49)39-11-13-44(58)51-47(39)60)8-10-38(30)40-25-37(48(61)53(2)3)24-36-27-43(57(46(36)40)28-31-6-7-31)35-5-4-18-55(29-35)45(59)16-21-56-22-17-50-52-56/h5,8-10,12,17,22-27,31-32,39H,4,6-7,11,13-16,18-21,28-29H2,1-3H3,(H,51,58,60). The van der Waals surface area contributed by atoms with Crippen molar-refractivity contribution in [3.05, 3.63) is 107 Å². The van der Waals surface area contributed by atoms with Crippen LogP contribution in [0.1, 0.15) is 95.9 Å². The Labute approximate surface area is 355 Å².